The molecule has 0 radical (unpaired) electrons. The second-order valence-corrected chi connectivity index (χ2v) is 4.49. The van der Waals surface area contributed by atoms with E-state index in [9.17, 15) is 14.4 Å². The molecule has 0 saturated carbocycles. The van der Waals surface area contributed by atoms with Crippen LogP contribution in [0.1, 0.15) is 23.7 Å². The van der Waals surface area contributed by atoms with Gasteiger partial charge in [-0.05, 0) is 19.1 Å². The predicted octanol–water partition coefficient (Wildman–Crippen LogP) is -0.243. The van der Waals surface area contributed by atoms with E-state index >= 15 is 0 Å². The summed E-state index contributed by atoms with van der Waals surface area (Å²) in [7, 11) is 0. The number of carbonyl (C=O) groups excluding carboxylic acids is 2. The first-order chi connectivity index (χ1) is 9.91. The van der Waals surface area contributed by atoms with Crippen molar-refractivity contribution in [2.75, 3.05) is 6.54 Å². The van der Waals surface area contributed by atoms with Gasteiger partial charge in [0.1, 0.15) is 6.04 Å². The van der Waals surface area contributed by atoms with Gasteiger partial charge in [0.25, 0.3) is 5.91 Å². The van der Waals surface area contributed by atoms with Crippen LogP contribution >= 0.6 is 0 Å². The van der Waals surface area contributed by atoms with Gasteiger partial charge in [0, 0.05) is 18.5 Å². The van der Waals surface area contributed by atoms with E-state index in [1.807, 2.05) is 0 Å². The standard InChI is InChI=1S/C14H18N2O5/c1-9(12(18)15-8-7-11(17)14(20)21)16-13(19)10-5-3-2-4-6-10/h2-6,9,11,17H,7-8H2,1H3,(H,15,18)(H,16,19)(H,20,21). The van der Waals surface area contributed by atoms with Crippen LogP contribution < -0.4 is 10.6 Å². The third-order valence-electron chi connectivity index (χ3n) is 2.78. The quantitative estimate of drug-likeness (QED) is 0.554. The molecule has 114 valence electrons. The van der Waals surface area contributed by atoms with E-state index in [1.54, 1.807) is 30.3 Å². The number of aliphatic hydroxyl groups is 1. The smallest absolute Gasteiger partial charge is 0.332 e. The molecule has 0 aliphatic heterocycles. The molecule has 0 aromatic heterocycles. The number of benzene rings is 1. The highest BCUT2D eigenvalue weighted by Crippen LogP contribution is 1.99. The number of nitrogens with one attached hydrogen (secondary N) is 2. The fourth-order valence-corrected chi connectivity index (χ4v) is 1.54. The van der Waals surface area contributed by atoms with Gasteiger partial charge in [0.2, 0.25) is 5.91 Å². The molecule has 7 nitrogen and oxygen atoms in total. The highest BCUT2D eigenvalue weighted by Gasteiger charge is 2.17. The number of amides is 2. The van der Waals surface area contributed by atoms with Crippen molar-refractivity contribution in [2.45, 2.75) is 25.5 Å². The molecule has 1 aromatic rings. The summed E-state index contributed by atoms with van der Waals surface area (Å²) in [6.45, 7) is 1.53. The Morgan fingerprint density at radius 1 is 1.19 bits per heavy atom. The number of carboxylic acid groups (broad SMARTS) is 1. The number of hydrogen-bond donors (Lipinski definition) is 4. The Bertz CT molecular complexity index is 503. The van der Waals surface area contributed by atoms with Gasteiger partial charge in [0.05, 0.1) is 0 Å². The summed E-state index contributed by atoms with van der Waals surface area (Å²) >= 11 is 0. The normalized spacial score (nSPS) is 13.0. The van der Waals surface area contributed by atoms with Gasteiger partial charge in [-0.2, -0.15) is 0 Å². The second kappa shape index (κ2) is 8.01. The number of aliphatic carboxylic acids is 1. The fourth-order valence-electron chi connectivity index (χ4n) is 1.54. The molecular weight excluding hydrogens is 276 g/mol. The van der Waals surface area contributed by atoms with Crippen LogP contribution in [0.5, 0.6) is 0 Å². The van der Waals surface area contributed by atoms with Crippen molar-refractivity contribution in [1.82, 2.24) is 10.6 Å². The molecule has 4 N–H and O–H groups in total. The first kappa shape index (κ1) is 16.6. The molecule has 0 aliphatic carbocycles. The van der Waals surface area contributed by atoms with Crippen molar-refractivity contribution in [2.24, 2.45) is 0 Å². The van der Waals surface area contributed by atoms with Gasteiger partial charge in [-0.3, -0.25) is 9.59 Å². The molecule has 0 bridgehead atoms. The average molecular weight is 294 g/mol. The second-order valence-electron chi connectivity index (χ2n) is 4.49. The van der Waals surface area contributed by atoms with E-state index in [-0.39, 0.29) is 18.9 Å². The minimum Gasteiger partial charge on any atom is -0.479 e. The van der Waals surface area contributed by atoms with E-state index in [2.05, 4.69) is 10.6 Å². The van der Waals surface area contributed by atoms with Crippen molar-refractivity contribution in [3.8, 4) is 0 Å². The molecule has 0 fully saturated rings. The van der Waals surface area contributed by atoms with E-state index < -0.39 is 24.0 Å². The topological polar surface area (TPSA) is 116 Å². The van der Waals surface area contributed by atoms with Crippen LogP contribution in [0.15, 0.2) is 30.3 Å². The first-order valence-corrected chi connectivity index (χ1v) is 6.46. The Morgan fingerprint density at radius 3 is 2.38 bits per heavy atom. The molecule has 0 spiro atoms. The highest BCUT2D eigenvalue weighted by atomic mass is 16.4. The summed E-state index contributed by atoms with van der Waals surface area (Å²) in [5.74, 6) is -2.16. The Labute approximate surface area is 122 Å². The minimum absolute atomic E-state index is 0.0118. The van der Waals surface area contributed by atoms with Crippen LogP contribution in [0, 0.1) is 0 Å². The number of rotatable bonds is 7. The van der Waals surface area contributed by atoms with E-state index in [0.717, 1.165) is 0 Å². The summed E-state index contributed by atoms with van der Waals surface area (Å²) in [5, 5.41) is 22.5. The summed E-state index contributed by atoms with van der Waals surface area (Å²) in [6, 6.07) is 7.70. The monoisotopic (exact) mass is 294 g/mol. The summed E-state index contributed by atoms with van der Waals surface area (Å²) in [5.41, 5.74) is 0.443. The Morgan fingerprint density at radius 2 is 1.81 bits per heavy atom. The van der Waals surface area contributed by atoms with Crippen molar-refractivity contribution in [3.63, 3.8) is 0 Å². The van der Waals surface area contributed by atoms with Gasteiger partial charge in [-0.25, -0.2) is 4.79 Å². The molecule has 1 aromatic carbocycles. The molecule has 2 unspecified atom stereocenters. The van der Waals surface area contributed by atoms with Crippen molar-refractivity contribution in [1.29, 1.82) is 0 Å². The Hall–Kier alpha value is -2.41. The molecule has 0 aliphatic rings. The van der Waals surface area contributed by atoms with Crippen molar-refractivity contribution < 1.29 is 24.6 Å². The van der Waals surface area contributed by atoms with E-state index in [1.165, 1.54) is 6.92 Å². The number of carbonyl (C=O) groups is 3. The largest absolute Gasteiger partial charge is 0.479 e. The Kier molecular flexibility index (Phi) is 6.35. The Balaban J connectivity index is 2.38. The number of carboxylic acids is 1. The maximum absolute atomic E-state index is 11.8. The zero-order valence-corrected chi connectivity index (χ0v) is 11.6. The lowest BCUT2D eigenvalue weighted by molar-refractivity contribution is -0.147. The van der Waals surface area contributed by atoms with Gasteiger partial charge < -0.3 is 20.8 Å². The van der Waals surface area contributed by atoms with Gasteiger partial charge in [-0.1, -0.05) is 18.2 Å². The van der Waals surface area contributed by atoms with Crippen LogP contribution in [-0.2, 0) is 9.59 Å². The highest BCUT2D eigenvalue weighted by molar-refractivity contribution is 5.97. The molecule has 0 saturated heterocycles. The third kappa shape index (κ3) is 5.62. The fraction of sp³-hybridized carbons (Fsp3) is 0.357. The van der Waals surface area contributed by atoms with E-state index in [4.69, 9.17) is 10.2 Å². The molecular formula is C14H18N2O5. The zero-order chi connectivity index (χ0) is 15.8. The van der Waals surface area contributed by atoms with Crippen LogP contribution in [0.3, 0.4) is 0 Å². The van der Waals surface area contributed by atoms with Crippen LogP contribution in [-0.4, -0.2) is 46.7 Å². The summed E-state index contributed by atoms with van der Waals surface area (Å²) < 4.78 is 0. The molecule has 2 atom stereocenters. The lowest BCUT2D eigenvalue weighted by Gasteiger charge is -2.14. The summed E-state index contributed by atoms with van der Waals surface area (Å²) in [6.07, 6.45) is -1.61. The molecule has 21 heavy (non-hydrogen) atoms. The number of aliphatic hydroxyl groups excluding tert-OH is 1. The molecule has 1 rings (SSSR count). The molecule has 0 heterocycles. The molecule has 7 heteroatoms. The maximum atomic E-state index is 11.8. The zero-order valence-electron chi connectivity index (χ0n) is 11.6. The predicted molar refractivity (Wildman–Crippen MR) is 74.6 cm³/mol. The molecule has 2 amide bonds. The first-order valence-electron chi connectivity index (χ1n) is 6.46. The number of hydrogen-bond acceptors (Lipinski definition) is 4. The van der Waals surface area contributed by atoms with Crippen LogP contribution in [0.4, 0.5) is 0 Å². The van der Waals surface area contributed by atoms with Crippen molar-refractivity contribution in [3.05, 3.63) is 35.9 Å². The van der Waals surface area contributed by atoms with Crippen molar-refractivity contribution >= 4 is 17.8 Å². The lowest BCUT2D eigenvalue weighted by Crippen LogP contribution is -2.45. The van der Waals surface area contributed by atoms with Crippen LogP contribution in [0.25, 0.3) is 0 Å². The third-order valence-corrected chi connectivity index (χ3v) is 2.78. The SMILES string of the molecule is CC(NC(=O)c1ccccc1)C(=O)NCCC(O)C(=O)O. The van der Waals surface area contributed by atoms with Gasteiger partial charge in [-0.15, -0.1) is 0 Å². The minimum atomic E-state index is -1.51. The lowest BCUT2D eigenvalue weighted by atomic mass is 10.2. The van der Waals surface area contributed by atoms with E-state index in [0.29, 0.717) is 5.56 Å². The van der Waals surface area contributed by atoms with Gasteiger partial charge >= 0.3 is 5.97 Å². The summed E-state index contributed by atoms with van der Waals surface area (Å²) in [4.78, 5) is 33.9. The average Bonchev–Trinajstić information content (AvgIpc) is 2.47. The van der Waals surface area contributed by atoms with Gasteiger partial charge in [0.15, 0.2) is 6.10 Å². The van der Waals surface area contributed by atoms with Crippen LogP contribution in [0.2, 0.25) is 0 Å². The maximum Gasteiger partial charge on any atom is 0.332 e.